The molecule has 2 N–H and O–H groups in total. The number of aliphatic carboxylic acids is 1. The Morgan fingerprint density at radius 2 is 2.13 bits per heavy atom. The lowest BCUT2D eigenvalue weighted by molar-refractivity contribution is -0.140. The van der Waals surface area contributed by atoms with Crippen molar-refractivity contribution in [3.8, 4) is 0 Å². The van der Waals surface area contributed by atoms with E-state index >= 15 is 0 Å². The van der Waals surface area contributed by atoms with E-state index in [1.165, 1.54) is 6.92 Å². The fraction of sp³-hybridized carbons (Fsp3) is 0.750. The van der Waals surface area contributed by atoms with E-state index in [0.29, 0.717) is 6.61 Å². The van der Waals surface area contributed by atoms with Crippen LogP contribution in [0.4, 0.5) is 0 Å². The van der Waals surface area contributed by atoms with Crippen molar-refractivity contribution >= 4 is 22.7 Å². The Hall–Kier alpha value is -0.950. The van der Waals surface area contributed by atoms with Crippen molar-refractivity contribution in [2.75, 3.05) is 18.3 Å². The number of rotatable bonds is 7. The standard InChI is InChI=1S/C8H15NO5S/c1-3-14-5-15(13)4-7(8(11)12)9-6(2)10/h7H,3-5H2,1-2H3,(H,9,10)(H,11,12)/t7-,15?/m0/s1. The van der Waals surface area contributed by atoms with Crippen LogP contribution in [0.25, 0.3) is 0 Å². The lowest BCUT2D eigenvalue weighted by Crippen LogP contribution is -2.43. The van der Waals surface area contributed by atoms with Gasteiger partial charge in [-0.25, -0.2) is 4.79 Å². The second-order valence-electron chi connectivity index (χ2n) is 2.81. The van der Waals surface area contributed by atoms with Gasteiger partial charge in [0.15, 0.2) is 0 Å². The normalized spacial score (nSPS) is 14.3. The van der Waals surface area contributed by atoms with Gasteiger partial charge < -0.3 is 15.2 Å². The van der Waals surface area contributed by atoms with Crippen LogP contribution >= 0.6 is 0 Å². The van der Waals surface area contributed by atoms with E-state index in [1.807, 2.05) is 0 Å². The lowest BCUT2D eigenvalue weighted by atomic mass is 10.3. The number of hydrogen-bond acceptors (Lipinski definition) is 4. The van der Waals surface area contributed by atoms with Crippen molar-refractivity contribution in [3.63, 3.8) is 0 Å². The van der Waals surface area contributed by atoms with E-state index in [0.717, 1.165) is 0 Å². The molecule has 0 heterocycles. The summed E-state index contributed by atoms with van der Waals surface area (Å²) in [5.41, 5.74) is 0. The fourth-order valence-electron chi connectivity index (χ4n) is 0.830. The molecule has 2 atom stereocenters. The molecule has 0 fully saturated rings. The predicted molar refractivity (Wildman–Crippen MR) is 54.7 cm³/mol. The third-order valence-corrected chi connectivity index (χ3v) is 2.58. The Morgan fingerprint density at radius 3 is 2.53 bits per heavy atom. The molecular formula is C8H15NO5S. The molecule has 6 nitrogen and oxygen atoms in total. The first-order valence-electron chi connectivity index (χ1n) is 4.40. The molecule has 0 spiro atoms. The summed E-state index contributed by atoms with van der Waals surface area (Å²) < 4.78 is 16.1. The molecule has 7 heteroatoms. The molecule has 0 rings (SSSR count). The summed E-state index contributed by atoms with van der Waals surface area (Å²) >= 11 is 0. The molecule has 0 aliphatic rings. The zero-order valence-electron chi connectivity index (χ0n) is 8.69. The summed E-state index contributed by atoms with van der Waals surface area (Å²) in [6.45, 7) is 3.38. The van der Waals surface area contributed by atoms with Gasteiger partial charge in [0, 0.05) is 13.5 Å². The molecular weight excluding hydrogens is 222 g/mol. The van der Waals surface area contributed by atoms with Crippen LogP contribution in [0.3, 0.4) is 0 Å². The highest BCUT2D eigenvalue weighted by atomic mass is 32.2. The van der Waals surface area contributed by atoms with Crippen LogP contribution in [0.5, 0.6) is 0 Å². The van der Waals surface area contributed by atoms with E-state index in [-0.39, 0.29) is 11.7 Å². The van der Waals surface area contributed by atoms with Crippen LogP contribution in [0.2, 0.25) is 0 Å². The number of nitrogens with one attached hydrogen (secondary N) is 1. The molecule has 0 aromatic carbocycles. The number of hydrogen-bond donors (Lipinski definition) is 2. The first-order valence-corrected chi connectivity index (χ1v) is 5.88. The van der Waals surface area contributed by atoms with Crippen molar-refractivity contribution in [2.24, 2.45) is 0 Å². The van der Waals surface area contributed by atoms with Crippen molar-refractivity contribution in [2.45, 2.75) is 19.9 Å². The van der Waals surface area contributed by atoms with Crippen molar-refractivity contribution in [3.05, 3.63) is 0 Å². The smallest absolute Gasteiger partial charge is 0.327 e. The van der Waals surface area contributed by atoms with E-state index in [1.54, 1.807) is 6.92 Å². The predicted octanol–water partition coefficient (Wildman–Crippen LogP) is -0.682. The average molecular weight is 237 g/mol. The van der Waals surface area contributed by atoms with Crippen LogP contribution in [0, 0.1) is 0 Å². The summed E-state index contributed by atoms with van der Waals surface area (Å²) in [5, 5.41) is 10.9. The fourth-order valence-corrected chi connectivity index (χ4v) is 1.88. The summed E-state index contributed by atoms with van der Waals surface area (Å²) in [5.74, 6) is -1.82. The van der Waals surface area contributed by atoms with Crippen LogP contribution in [0.15, 0.2) is 0 Å². The minimum absolute atomic E-state index is 0.0140. The van der Waals surface area contributed by atoms with Gasteiger partial charge in [0.25, 0.3) is 0 Å². The topological polar surface area (TPSA) is 92.7 Å². The van der Waals surface area contributed by atoms with Gasteiger partial charge in [-0.3, -0.25) is 9.00 Å². The summed E-state index contributed by atoms with van der Waals surface area (Å²) in [7, 11) is -1.40. The molecule has 0 saturated heterocycles. The Labute approximate surface area is 90.4 Å². The van der Waals surface area contributed by atoms with Gasteiger partial charge in [-0.2, -0.15) is 0 Å². The molecule has 0 saturated carbocycles. The quantitative estimate of drug-likeness (QED) is 0.612. The number of carboxylic acids is 1. The second kappa shape index (κ2) is 7.36. The molecule has 1 amide bonds. The summed E-state index contributed by atoms with van der Waals surface area (Å²) in [6.07, 6.45) is 0. The Kier molecular flexibility index (Phi) is 6.89. The second-order valence-corrected chi connectivity index (χ2v) is 4.26. The van der Waals surface area contributed by atoms with Gasteiger partial charge in [-0.1, -0.05) is 0 Å². The van der Waals surface area contributed by atoms with Crippen LogP contribution in [0.1, 0.15) is 13.8 Å². The average Bonchev–Trinajstić information content (AvgIpc) is 2.12. The maximum absolute atomic E-state index is 11.3. The molecule has 0 aliphatic carbocycles. The third-order valence-electron chi connectivity index (χ3n) is 1.45. The highest BCUT2D eigenvalue weighted by Crippen LogP contribution is 1.92. The van der Waals surface area contributed by atoms with Crippen LogP contribution in [-0.4, -0.2) is 45.5 Å². The number of ether oxygens (including phenoxy) is 1. The van der Waals surface area contributed by atoms with Gasteiger partial charge >= 0.3 is 5.97 Å². The molecule has 1 unspecified atom stereocenters. The number of carbonyl (C=O) groups is 2. The summed E-state index contributed by atoms with van der Waals surface area (Å²) in [6, 6.07) is -1.12. The molecule has 0 bridgehead atoms. The Morgan fingerprint density at radius 1 is 1.53 bits per heavy atom. The van der Waals surface area contributed by atoms with Gasteiger partial charge in [0.05, 0.1) is 16.6 Å². The first-order chi connectivity index (χ1) is 6.97. The first kappa shape index (κ1) is 14.1. The monoisotopic (exact) mass is 237 g/mol. The van der Waals surface area contributed by atoms with Crippen molar-refractivity contribution in [1.82, 2.24) is 5.32 Å². The van der Waals surface area contributed by atoms with E-state index in [9.17, 15) is 13.8 Å². The number of carbonyl (C=O) groups excluding carboxylic acids is 1. The van der Waals surface area contributed by atoms with Gasteiger partial charge in [-0.15, -0.1) is 0 Å². The SMILES string of the molecule is CCOCS(=O)C[C@H](NC(C)=O)C(=O)O. The molecule has 88 valence electrons. The number of amides is 1. The van der Waals surface area contributed by atoms with Crippen molar-refractivity contribution < 1.29 is 23.6 Å². The molecule has 0 aromatic rings. The van der Waals surface area contributed by atoms with Crippen molar-refractivity contribution in [1.29, 1.82) is 0 Å². The minimum Gasteiger partial charge on any atom is -0.480 e. The van der Waals surface area contributed by atoms with E-state index in [2.05, 4.69) is 5.32 Å². The molecule has 0 aromatic heterocycles. The third kappa shape index (κ3) is 7.03. The number of carboxylic acid groups (broad SMARTS) is 1. The van der Waals surface area contributed by atoms with Gasteiger partial charge in [0.1, 0.15) is 12.0 Å². The van der Waals surface area contributed by atoms with Gasteiger partial charge in [-0.05, 0) is 6.92 Å². The molecule has 0 aliphatic heterocycles. The maximum Gasteiger partial charge on any atom is 0.327 e. The summed E-state index contributed by atoms with van der Waals surface area (Å²) in [4.78, 5) is 21.3. The lowest BCUT2D eigenvalue weighted by Gasteiger charge is -2.12. The minimum atomic E-state index is -1.40. The maximum atomic E-state index is 11.3. The highest BCUT2D eigenvalue weighted by molar-refractivity contribution is 7.84. The van der Waals surface area contributed by atoms with E-state index < -0.39 is 28.7 Å². The van der Waals surface area contributed by atoms with Gasteiger partial charge in [0.2, 0.25) is 5.91 Å². The van der Waals surface area contributed by atoms with Crippen LogP contribution < -0.4 is 5.32 Å². The Bertz CT molecular complexity index is 255. The zero-order valence-corrected chi connectivity index (χ0v) is 9.50. The highest BCUT2D eigenvalue weighted by Gasteiger charge is 2.20. The molecule has 0 radical (unpaired) electrons. The largest absolute Gasteiger partial charge is 0.480 e. The molecule has 15 heavy (non-hydrogen) atoms. The van der Waals surface area contributed by atoms with E-state index in [4.69, 9.17) is 9.84 Å². The Balaban J connectivity index is 4.10. The van der Waals surface area contributed by atoms with Crippen LogP contribution in [-0.2, 0) is 25.1 Å². The zero-order chi connectivity index (χ0) is 11.8.